The number of benzene rings is 2. The van der Waals surface area contributed by atoms with E-state index in [0.29, 0.717) is 55.7 Å². The molecule has 0 radical (unpaired) electrons. The summed E-state index contributed by atoms with van der Waals surface area (Å²) in [6.07, 6.45) is 1.69. The van der Waals surface area contributed by atoms with Crippen LogP contribution in [-0.2, 0) is 6.54 Å². The quantitative estimate of drug-likeness (QED) is 0.730. The molecule has 0 spiro atoms. The van der Waals surface area contributed by atoms with Crippen LogP contribution in [0.15, 0.2) is 60.8 Å². The van der Waals surface area contributed by atoms with E-state index in [1.165, 1.54) is 12.1 Å². The zero-order chi connectivity index (χ0) is 19.3. The number of hydrogen-bond donors (Lipinski definition) is 1. The highest BCUT2D eigenvalue weighted by molar-refractivity contribution is 5.50. The smallest absolute Gasteiger partial charge is 0.227 e. The summed E-state index contributed by atoms with van der Waals surface area (Å²) in [5.41, 5.74) is 1.21. The SMILES string of the molecule is Fc1ccccc1CNc1ccnc(N2CCN(c3ccccc3F)CC2)n1. The molecule has 4 rings (SSSR count). The van der Waals surface area contributed by atoms with E-state index < -0.39 is 0 Å². The summed E-state index contributed by atoms with van der Waals surface area (Å²) in [6.45, 7) is 3.13. The van der Waals surface area contributed by atoms with Crippen LogP contribution in [0.25, 0.3) is 0 Å². The predicted molar refractivity (Wildman–Crippen MR) is 107 cm³/mol. The molecule has 7 heteroatoms. The Balaban J connectivity index is 1.39. The molecule has 0 unspecified atom stereocenters. The largest absolute Gasteiger partial charge is 0.366 e. The van der Waals surface area contributed by atoms with Gasteiger partial charge in [0.2, 0.25) is 5.95 Å². The Kier molecular flexibility index (Phi) is 5.32. The lowest BCUT2D eigenvalue weighted by Crippen LogP contribution is -2.47. The summed E-state index contributed by atoms with van der Waals surface area (Å²) in [5, 5.41) is 3.15. The van der Waals surface area contributed by atoms with Crippen LogP contribution in [0.3, 0.4) is 0 Å². The van der Waals surface area contributed by atoms with Gasteiger partial charge in [0.1, 0.15) is 17.5 Å². The molecule has 1 aromatic heterocycles. The molecule has 144 valence electrons. The zero-order valence-corrected chi connectivity index (χ0v) is 15.4. The van der Waals surface area contributed by atoms with Crippen LogP contribution < -0.4 is 15.1 Å². The van der Waals surface area contributed by atoms with Crippen LogP contribution >= 0.6 is 0 Å². The standard InChI is InChI=1S/C21H21F2N5/c22-17-6-2-1-5-16(17)15-25-20-9-10-24-21(26-20)28-13-11-27(12-14-28)19-8-4-3-7-18(19)23/h1-10H,11-15H2,(H,24,25,26). The number of halogens is 2. The van der Waals surface area contributed by atoms with Crippen LogP contribution in [0, 0.1) is 11.6 Å². The summed E-state index contributed by atoms with van der Waals surface area (Å²) in [7, 11) is 0. The molecule has 5 nitrogen and oxygen atoms in total. The monoisotopic (exact) mass is 381 g/mol. The Labute approximate surface area is 162 Å². The van der Waals surface area contributed by atoms with Crippen LogP contribution in [0.2, 0.25) is 0 Å². The second-order valence-corrected chi connectivity index (χ2v) is 6.61. The molecule has 0 amide bonds. The average molecular weight is 381 g/mol. The molecule has 1 N–H and O–H groups in total. The number of aromatic nitrogens is 2. The van der Waals surface area contributed by atoms with Crippen molar-refractivity contribution in [3.63, 3.8) is 0 Å². The first kappa shape index (κ1) is 18.2. The maximum absolute atomic E-state index is 14.0. The maximum Gasteiger partial charge on any atom is 0.227 e. The molecule has 0 aliphatic carbocycles. The van der Waals surface area contributed by atoms with Crippen LogP contribution in [-0.4, -0.2) is 36.1 Å². The van der Waals surface area contributed by atoms with Gasteiger partial charge in [0.05, 0.1) is 5.69 Å². The fraction of sp³-hybridized carbons (Fsp3) is 0.238. The predicted octanol–water partition coefficient (Wildman–Crippen LogP) is 3.69. The Morgan fingerprint density at radius 1 is 0.821 bits per heavy atom. The first-order valence-electron chi connectivity index (χ1n) is 9.25. The number of nitrogens with zero attached hydrogens (tertiary/aromatic N) is 4. The van der Waals surface area contributed by atoms with Gasteiger partial charge in [0, 0.05) is 44.5 Å². The third-order valence-corrected chi connectivity index (χ3v) is 4.82. The van der Waals surface area contributed by atoms with Crippen LogP contribution in [0.5, 0.6) is 0 Å². The van der Waals surface area contributed by atoms with E-state index in [0.717, 1.165) is 0 Å². The molecular weight excluding hydrogens is 360 g/mol. The lowest BCUT2D eigenvalue weighted by molar-refractivity contribution is 0.594. The van der Waals surface area contributed by atoms with E-state index in [1.54, 1.807) is 42.6 Å². The highest BCUT2D eigenvalue weighted by Crippen LogP contribution is 2.22. The van der Waals surface area contributed by atoms with E-state index >= 15 is 0 Å². The molecule has 0 saturated carbocycles. The van der Waals surface area contributed by atoms with Gasteiger partial charge in [0.15, 0.2) is 0 Å². The van der Waals surface area contributed by atoms with Crippen molar-refractivity contribution in [2.75, 3.05) is 41.3 Å². The molecule has 1 aliphatic heterocycles. The van der Waals surface area contributed by atoms with Gasteiger partial charge in [-0.1, -0.05) is 30.3 Å². The highest BCUT2D eigenvalue weighted by atomic mass is 19.1. The zero-order valence-electron chi connectivity index (χ0n) is 15.4. The molecule has 1 saturated heterocycles. The first-order valence-corrected chi connectivity index (χ1v) is 9.25. The molecule has 0 bridgehead atoms. The van der Waals surface area contributed by atoms with Gasteiger partial charge in [-0.05, 0) is 24.3 Å². The first-order chi connectivity index (χ1) is 13.7. The lowest BCUT2D eigenvalue weighted by atomic mass is 10.2. The number of piperazine rings is 1. The average Bonchev–Trinajstić information content (AvgIpc) is 2.74. The van der Waals surface area contributed by atoms with E-state index in [9.17, 15) is 8.78 Å². The molecule has 1 fully saturated rings. The van der Waals surface area contributed by atoms with Crippen molar-refractivity contribution in [3.05, 3.63) is 78.0 Å². The van der Waals surface area contributed by atoms with E-state index in [1.807, 2.05) is 11.0 Å². The normalized spacial score (nSPS) is 14.2. The minimum atomic E-state index is -0.242. The number of nitrogens with one attached hydrogen (secondary N) is 1. The van der Waals surface area contributed by atoms with Gasteiger partial charge in [-0.2, -0.15) is 4.98 Å². The molecule has 1 aliphatic rings. The van der Waals surface area contributed by atoms with Gasteiger partial charge < -0.3 is 15.1 Å². The highest BCUT2D eigenvalue weighted by Gasteiger charge is 2.21. The number of anilines is 3. The van der Waals surface area contributed by atoms with Crippen LogP contribution in [0.1, 0.15) is 5.56 Å². The van der Waals surface area contributed by atoms with Gasteiger partial charge in [-0.25, -0.2) is 13.8 Å². The molecule has 2 heterocycles. The van der Waals surface area contributed by atoms with Crippen molar-refractivity contribution in [1.82, 2.24) is 9.97 Å². The van der Waals surface area contributed by atoms with Gasteiger partial charge in [-0.3, -0.25) is 0 Å². The number of rotatable bonds is 5. The van der Waals surface area contributed by atoms with Crippen molar-refractivity contribution in [3.8, 4) is 0 Å². The van der Waals surface area contributed by atoms with Crippen molar-refractivity contribution < 1.29 is 8.78 Å². The Morgan fingerprint density at radius 2 is 1.50 bits per heavy atom. The Hall–Kier alpha value is -3.22. The third-order valence-electron chi connectivity index (χ3n) is 4.82. The minimum absolute atomic E-state index is 0.202. The number of para-hydroxylation sites is 1. The van der Waals surface area contributed by atoms with Crippen molar-refractivity contribution in [2.24, 2.45) is 0 Å². The second kappa shape index (κ2) is 8.21. The van der Waals surface area contributed by atoms with Gasteiger partial charge >= 0.3 is 0 Å². The van der Waals surface area contributed by atoms with Gasteiger partial charge in [0.25, 0.3) is 0 Å². The second-order valence-electron chi connectivity index (χ2n) is 6.61. The summed E-state index contributed by atoms with van der Waals surface area (Å²) in [6, 6.07) is 15.2. The van der Waals surface area contributed by atoms with E-state index in [4.69, 9.17) is 0 Å². The summed E-state index contributed by atoms with van der Waals surface area (Å²) in [4.78, 5) is 13.0. The molecule has 3 aromatic rings. The van der Waals surface area contributed by atoms with Gasteiger partial charge in [-0.15, -0.1) is 0 Å². The minimum Gasteiger partial charge on any atom is -0.366 e. The molecule has 2 aromatic carbocycles. The summed E-state index contributed by atoms with van der Waals surface area (Å²) in [5.74, 6) is 0.816. The van der Waals surface area contributed by atoms with Crippen molar-refractivity contribution >= 4 is 17.5 Å². The summed E-state index contributed by atoms with van der Waals surface area (Å²) < 4.78 is 27.7. The Bertz CT molecular complexity index is 941. The maximum atomic E-state index is 14.0. The molecular formula is C21H21F2N5. The third kappa shape index (κ3) is 4.03. The van der Waals surface area contributed by atoms with Crippen molar-refractivity contribution in [1.29, 1.82) is 0 Å². The Morgan fingerprint density at radius 3 is 2.25 bits per heavy atom. The number of hydrogen-bond acceptors (Lipinski definition) is 5. The van der Waals surface area contributed by atoms with E-state index in [2.05, 4.69) is 20.2 Å². The molecule has 0 atom stereocenters. The fourth-order valence-corrected chi connectivity index (χ4v) is 3.28. The van der Waals surface area contributed by atoms with E-state index in [-0.39, 0.29) is 11.6 Å². The summed E-state index contributed by atoms with van der Waals surface area (Å²) >= 11 is 0. The van der Waals surface area contributed by atoms with Crippen molar-refractivity contribution in [2.45, 2.75) is 6.54 Å². The molecule has 28 heavy (non-hydrogen) atoms. The topological polar surface area (TPSA) is 44.3 Å². The lowest BCUT2D eigenvalue weighted by Gasteiger charge is -2.36. The fourth-order valence-electron chi connectivity index (χ4n) is 3.28. The van der Waals surface area contributed by atoms with Crippen LogP contribution in [0.4, 0.5) is 26.2 Å².